The van der Waals surface area contributed by atoms with Gasteiger partial charge in [0.25, 0.3) is 0 Å². The number of nitrogens with zero attached hydrogens (tertiary/aromatic N) is 1. The van der Waals surface area contributed by atoms with Crippen LogP contribution >= 0.6 is 12.2 Å². The van der Waals surface area contributed by atoms with Crippen LogP contribution in [0.1, 0.15) is 19.3 Å². The molecule has 0 unspecified atom stereocenters. The first kappa shape index (κ1) is 12.1. The van der Waals surface area contributed by atoms with Crippen molar-refractivity contribution in [2.75, 3.05) is 23.3 Å². The van der Waals surface area contributed by atoms with E-state index in [1.165, 1.54) is 24.9 Å². The first-order chi connectivity index (χ1) is 8.29. The average Bonchev–Trinajstić information content (AvgIpc) is 2.40. The van der Waals surface area contributed by atoms with Gasteiger partial charge in [0, 0.05) is 24.5 Å². The molecule has 0 atom stereocenters. The van der Waals surface area contributed by atoms with Crippen LogP contribution in [-0.2, 0) is 0 Å². The lowest BCUT2D eigenvalue weighted by Crippen LogP contribution is -2.34. The largest absolute Gasteiger partial charge is 0.372 e. The Kier molecular flexibility index (Phi) is 4.17. The van der Waals surface area contributed by atoms with E-state index in [1.54, 1.807) is 0 Å². The second-order valence-electron chi connectivity index (χ2n) is 4.19. The van der Waals surface area contributed by atoms with Crippen molar-refractivity contribution in [2.45, 2.75) is 19.3 Å². The molecule has 1 heterocycles. The predicted octanol–water partition coefficient (Wildman–Crippen LogP) is 1.84. The lowest BCUT2D eigenvalue weighted by atomic mass is 10.1. The third-order valence-corrected chi connectivity index (χ3v) is 3.20. The van der Waals surface area contributed by atoms with Crippen molar-refractivity contribution >= 4 is 28.7 Å². The molecule has 1 aliphatic rings. The summed E-state index contributed by atoms with van der Waals surface area (Å²) in [5.74, 6) is 5.20. The van der Waals surface area contributed by atoms with Crippen molar-refractivity contribution in [3.8, 4) is 0 Å². The Hall–Kier alpha value is -1.33. The number of rotatable bonds is 2. The Morgan fingerprint density at radius 3 is 2.35 bits per heavy atom. The molecule has 1 aliphatic heterocycles. The van der Waals surface area contributed by atoms with E-state index in [0.29, 0.717) is 5.11 Å². The molecule has 2 rings (SSSR count). The Morgan fingerprint density at radius 2 is 1.76 bits per heavy atom. The van der Waals surface area contributed by atoms with Crippen LogP contribution < -0.4 is 21.5 Å². The number of benzene rings is 1. The monoisotopic (exact) mass is 250 g/mol. The topological polar surface area (TPSA) is 53.3 Å². The molecule has 0 bridgehead atoms. The van der Waals surface area contributed by atoms with Gasteiger partial charge >= 0.3 is 0 Å². The second-order valence-corrected chi connectivity index (χ2v) is 4.60. The Balaban J connectivity index is 1.99. The molecule has 1 aromatic carbocycles. The summed E-state index contributed by atoms with van der Waals surface area (Å²) in [6.07, 6.45) is 3.94. The number of hydrogen-bond donors (Lipinski definition) is 3. The maximum Gasteiger partial charge on any atom is 0.185 e. The van der Waals surface area contributed by atoms with Gasteiger partial charge in [0.2, 0.25) is 0 Å². The number of piperidine rings is 1. The zero-order valence-electron chi connectivity index (χ0n) is 9.78. The summed E-state index contributed by atoms with van der Waals surface area (Å²) in [6.45, 7) is 2.32. The third-order valence-electron chi connectivity index (χ3n) is 2.98. The molecular weight excluding hydrogens is 232 g/mol. The number of anilines is 2. The quantitative estimate of drug-likeness (QED) is 0.425. The number of nitrogens with two attached hydrogens (primary N) is 1. The molecular formula is C12H18N4S. The van der Waals surface area contributed by atoms with Crippen LogP contribution in [0.4, 0.5) is 11.4 Å². The van der Waals surface area contributed by atoms with Crippen molar-refractivity contribution in [1.82, 2.24) is 5.43 Å². The highest BCUT2D eigenvalue weighted by molar-refractivity contribution is 7.80. The van der Waals surface area contributed by atoms with E-state index in [0.717, 1.165) is 18.8 Å². The highest BCUT2D eigenvalue weighted by Gasteiger charge is 2.10. The minimum atomic E-state index is 0.427. The van der Waals surface area contributed by atoms with Crippen LogP contribution in [0.25, 0.3) is 0 Å². The van der Waals surface area contributed by atoms with Crippen molar-refractivity contribution in [1.29, 1.82) is 0 Å². The van der Waals surface area contributed by atoms with Crippen molar-refractivity contribution in [3.05, 3.63) is 24.3 Å². The fourth-order valence-electron chi connectivity index (χ4n) is 2.07. The zero-order chi connectivity index (χ0) is 12.1. The Morgan fingerprint density at radius 1 is 1.12 bits per heavy atom. The molecule has 0 aliphatic carbocycles. The van der Waals surface area contributed by atoms with Crippen molar-refractivity contribution in [3.63, 3.8) is 0 Å². The summed E-state index contributed by atoms with van der Waals surface area (Å²) in [7, 11) is 0. The van der Waals surface area contributed by atoms with Crippen LogP contribution in [0.15, 0.2) is 24.3 Å². The van der Waals surface area contributed by atoms with Gasteiger partial charge in [-0.3, -0.25) is 0 Å². The minimum absolute atomic E-state index is 0.427. The molecule has 1 aromatic rings. The summed E-state index contributed by atoms with van der Waals surface area (Å²) in [6, 6.07) is 8.28. The molecule has 1 saturated heterocycles. The molecule has 0 spiro atoms. The normalized spacial score (nSPS) is 15.5. The fraction of sp³-hybridized carbons (Fsp3) is 0.417. The lowest BCUT2D eigenvalue weighted by Gasteiger charge is -2.28. The van der Waals surface area contributed by atoms with Gasteiger partial charge in [0.15, 0.2) is 5.11 Å². The van der Waals surface area contributed by atoms with E-state index >= 15 is 0 Å². The molecule has 0 saturated carbocycles. The minimum Gasteiger partial charge on any atom is -0.372 e. The van der Waals surface area contributed by atoms with Gasteiger partial charge in [-0.15, -0.1) is 0 Å². The molecule has 17 heavy (non-hydrogen) atoms. The zero-order valence-corrected chi connectivity index (χ0v) is 10.6. The highest BCUT2D eigenvalue weighted by Crippen LogP contribution is 2.21. The van der Waals surface area contributed by atoms with E-state index in [-0.39, 0.29) is 0 Å². The molecule has 1 fully saturated rings. The summed E-state index contributed by atoms with van der Waals surface area (Å²) in [5.41, 5.74) is 4.63. The van der Waals surface area contributed by atoms with Crippen LogP contribution in [0.2, 0.25) is 0 Å². The van der Waals surface area contributed by atoms with Gasteiger partial charge in [-0.2, -0.15) is 0 Å². The Labute approximate surface area is 107 Å². The van der Waals surface area contributed by atoms with Crippen molar-refractivity contribution < 1.29 is 0 Å². The van der Waals surface area contributed by atoms with E-state index in [2.05, 4.69) is 27.8 Å². The summed E-state index contributed by atoms with van der Waals surface area (Å²) >= 11 is 4.94. The number of hydrazine groups is 1. The van der Waals surface area contributed by atoms with E-state index < -0.39 is 0 Å². The highest BCUT2D eigenvalue weighted by atomic mass is 32.1. The first-order valence-electron chi connectivity index (χ1n) is 5.92. The van der Waals surface area contributed by atoms with Crippen LogP contribution in [-0.4, -0.2) is 18.2 Å². The van der Waals surface area contributed by atoms with E-state index in [4.69, 9.17) is 18.1 Å². The van der Waals surface area contributed by atoms with Gasteiger partial charge in [0.05, 0.1) is 0 Å². The maximum absolute atomic E-state index is 5.20. The molecule has 0 aromatic heterocycles. The summed E-state index contributed by atoms with van der Waals surface area (Å²) < 4.78 is 0. The molecule has 4 nitrogen and oxygen atoms in total. The lowest BCUT2D eigenvalue weighted by molar-refractivity contribution is 0.578. The van der Waals surface area contributed by atoms with Gasteiger partial charge < -0.3 is 15.6 Å². The standard InChI is InChI=1S/C12H18N4S/c13-15-12(17)14-10-4-6-11(7-5-10)16-8-2-1-3-9-16/h4-7H,1-3,8-9,13H2,(H2,14,15,17). The number of nitrogens with one attached hydrogen (secondary N) is 2. The van der Waals surface area contributed by atoms with Crippen molar-refractivity contribution in [2.24, 2.45) is 5.84 Å². The summed E-state index contributed by atoms with van der Waals surface area (Å²) in [5, 5.41) is 3.43. The average molecular weight is 250 g/mol. The molecule has 0 amide bonds. The van der Waals surface area contributed by atoms with Gasteiger partial charge in [-0.25, -0.2) is 5.84 Å². The van der Waals surface area contributed by atoms with Gasteiger partial charge in [-0.05, 0) is 55.7 Å². The van der Waals surface area contributed by atoms with E-state index in [9.17, 15) is 0 Å². The van der Waals surface area contributed by atoms with Gasteiger partial charge in [-0.1, -0.05) is 0 Å². The van der Waals surface area contributed by atoms with Gasteiger partial charge in [0.1, 0.15) is 0 Å². The first-order valence-corrected chi connectivity index (χ1v) is 6.33. The van der Waals surface area contributed by atoms with Crippen LogP contribution in [0.5, 0.6) is 0 Å². The second kappa shape index (κ2) is 5.84. The number of hydrogen-bond acceptors (Lipinski definition) is 3. The van der Waals surface area contributed by atoms with Crippen LogP contribution in [0.3, 0.4) is 0 Å². The molecule has 5 heteroatoms. The smallest absolute Gasteiger partial charge is 0.185 e. The summed E-state index contributed by atoms with van der Waals surface area (Å²) in [4.78, 5) is 2.42. The van der Waals surface area contributed by atoms with E-state index in [1.807, 2.05) is 12.1 Å². The van der Waals surface area contributed by atoms with Crippen LogP contribution in [0, 0.1) is 0 Å². The Bertz CT molecular complexity index is 371. The third kappa shape index (κ3) is 3.31. The predicted molar refractivity (Wildman–Crippen MR) is 76.0 cm³/mol. The molecule has 4 N–H and O–H groups in total. The molecule has 92 valence electrons. The number of thiocarbonyl (C=S) groups is 1. The maximum atomic E-state index is 5.20. The SMILES string of the molecule is NNC(=S)Nc1ccc(N2CCCCC2)cc1. The fourth-order valence-corrected chi connectivity index (χ4v) is 2.19. The molecule has 0 radical (unpaired) electrons.